The molecule has 6 heteroatoms. The fourth-order valence-corrected chi connectivity index (χ4v) is 1.57. The van der Waals surface area contributed by atoms with E-state index in [4.69, 9.17) is 5.11 Å². The van der Waals surface area contributed by atoms with E-state index in [-0.39, 0.29) is 17.8 Å². The highest BCUT2D eigenvalue weighted by molar-refractivity contribution is 5.53. The Kier molecular flexibility index (Phi) is 4.34. The van der Waals surface area contributed by atoms with E-state index in [1.807, 2.05) is 0 Å². The molecular weight excluding hydrogens is 238 g/mol. The van der Waals surface area contributed by atoms with Gasteiger partial charge in [-0.2, -0.15) is 13.2 Å². The van der Waals surface area contributed by atoms with Crippen LogP contribution in [0.15, 0.2) is 18.2 Å². The predicted octanol–water partition coefficient (Wildman–Crippen LogP) is 2.71. The molecule has 0 aliphatic rings. The number of halogens is 4. The second kappa shape index (κ2) is 5.35. The van der Waals surface area contributed by atoms with Crippen LogP contribution >= 0.6 is 0 Å². The first-order valence-electron chi connectivity index (χ1n) is 5.08. The zero-order chi connectivity index (χ0) is 13.1. The summed E-state index contributed by atoms with van der Waals surface area (Å²) in [6.45, 7) is 0.0674. The third-order valence-electron chi connectivity index (χ3n) is 2.30. The minimum atomic E-state index is -4.34. The number of anilines is 1. The van der Waals surface area contributed by atoms with Gasteiger partial charge in [-0.15, -0.1) is 0 Å². The van der Waals surface area contributed by atoms with Crippen molar-refractivity contribution in [3.8, 4) is 0 Å². The molecule has 1 aromatic carbocycles. The fraction of sp³-hybridized carbons (Fsp3) is 0.455. The van der Waals surface area contributed by atoms with Crippen LogP contribution in [-0.4, -0.2) is 24.4 Å². The lowest BCUT2D eigenvalue weighted by Crippen LogP contribution is -2.34. The average Bonchev–Trinajstić information content (AvgIpc) is 2.24. The smallest absolute Gasteiger partial charge is 0.392 e. The molecule has 0 aliphatic carbocycles. The van der Waals surface area contributed by atoms with Crippen LogP contribution in [0.3, 0.4) is 0 Å². The largest absolute Gasteiger partial charge is 0.405 e. The quantitative estimate of drug-likeness (QED) is 0.832. The zero-order valence-corrected chi connectivity index (χ0v) is 9.26. The Labute approximate surface area is 96.5 Å². The summed E-state index contributed by atoms with van der Waals surface area (Å²) in [4.78, 5) is 1.05. The van der Waals surface area contributed by atoms with E-state index in [1.54, 1.807) is 6.92 Å². The first kappa shape index (κ1) is 13.8. The molecule has 0 spiro atoms. The van der Waals surface area contributed by atoms with Crippen LogP contribution in [0, 0.1) is 5.82 Å². The number of aliphatic hydroxyl groups excluding tert-OH is 1. The Bertz CT molecular complexity index is 378. The van der Waals surface area contributed by atoms with E-state index in [9.17, 15) is 17.6 Å². The maximum atomic E-state index is 12.9. The molecule has 0 saturated carbocycles. The molecule has 0 aliphatic heterocycles. The maximum absolute atomic E-state index is 12.9. The van der Waals surface area contributed by atoms with Gasteiger partial charge >= 0.3 is 6.18 Å². The lowest BCUT2D eigenvalue weighted by molar-refractivity contribution is -0.119. The summed E-state index contributed by atoms with van der Waals surface area (Å²) in [5.74, 6) is -0.583. The van der Waals surface area contributed by atoms with Gasteiger partial charge in [-0.25, -0.2) is 4.39 Å². The van der Waals surface area contributed by atoms with E-state index >= 15 is 0 Å². The first-order chi connectivity index (χ1) is 7.87. The number of aliphatic hydroxyl groups is 1. The molecule has 1 aromatic rings. The maximum Gasteiger partial charge on any atom is 0.405 e. The minimum Gasteiger partial charge on any atom is -0.392 e. The lowest BCUT2D eigenvalue weighted by atomic mass is 10.1. The second-order valence-corrected chi connectivity index (χ2v) is 3.56. The second-order valence-electron chi connectivity index (χ2n) is 3.56. The van der Waals surface area contributed by atoms with Crippen molar-refractivity contribution in [3.05, 3.63) is 29.6 Å². The number of benzene rings is 1. The third kappa shape index (κ3) is 3.89. The van der Waals surface area contributed by atoms with Gasteiger partial charge in [0.2, 0.25) is 0 Å². The lowest BCUT2D eigenvalue weighted by Gasteiger charge is -2.26. The molecule has 0 bridgehead atoms. The highest BCUT2D eigenvalue weighted by atomic mass is 19.4. The van der Waals surface area contributed by atoms with Crippen LogP contribution in [-0.2, 0) is 6.61 Å². The molecule has 2 nitrogen and oxygen atoms in total. The van der Waals surface area contributed by atoms with Crippen LogP contribution in [0.2, 0.25) is 0 Å². The van der Waals surface area contributed by atoms with Crippen molar-refractivity contribution >= 4 is 5.69 Å². The topological polar surface area (TPSA) is 23.5 Å². The van der Waals surface area contributed by atoms with Crippen molar-refractivity contribution < 1.29 is 22.7 Å². The van der Waals surface area contributed by atoms with Gasteiger partial charge in [-0.1, -0.05) is 0 Å². The van der Waals surface area contributed by atoms with E-state index < -0.39 is 25.1 Å². The minimum absolute atomic E-state index is 0.123. The summed E-state index contributed by atoms with van der Waals surface area (Å²) in [6, 6.07) is 3.36. The van der Waals surface area contributed by atoms with Gasteiger partial charge < -0.3 is 10.0 Å². The molecule has 0 unspecified atom stereocenters. The number of hydrogen-bond acceptors (Lipinski definition) is 2. The summed E-state index contributed by atoms with van der Waals surface area (Å²) >= 11 is 0. The van der Waals surface area contributed by atoms with Gasteiger partial charge in [0.15, 0.2) is 0 Å². The zero-order valence-electron chi connectivity index (χ0n) is 9.26. The average molecular weight is 251 g/mol. The van der Waals surface area contributed by atoms with Crippen molar-refractivity contribution in [3.63, 3.8) is 0 Å². The Morgan fingerprint density at radius 3 is 2.41 bits per heavy atom. The first-order valence-corrected chi connectivity index (χ1v) is 5.08. The summed E-state index contributed by atoms with van der Waals surface area (Å²) in [5.41, 5.74) is 0.352. The molecule has 0 radical (unpaired) electrons. The van der Waals surface area contributed by atoms with Crippen molar-refractivity contribution in [1.82, 2.24) is 0 Å². The highest BCUT2D eigenvalue weighted by Gasteiger charge is 2.31. The molecule has 0 saturated heterocycles. The van der Waals surface area contributed by atoms with Gasteiger partial charge in [-0.3, -0.25) is 0 Å². The molecule has 0 amide bonds. The van der Waals surface area contributed by atoms with Crippen molar-refractivity contribution in [2.45, 2.75) is 19.7 Å². The van der Waals surface area contributed by atoms with Gasteiger partial charge in [0, 0.05) is 17.8 Å². The molecular formula is C11H13F4NO. The summed E-state index contributed by atoms with van der Waals surface area (Å²) < 4.78 is 49.8. The van der Waals surface area contributed by atoms with Crippen LogP contribution in [0.4, 0.5) is 23.2 Å². The van der Waals surface area contributed by atoms with Crippen LogP contribution in [0.1, 0.15) is 12.5 Å². The molecule has 1 N–H and O–H groups in total. The molecule has 96 valence electrons. The van der Waals surface area contributed by atoms with Gasteiger partial charge in [0.05, 0.1) is 6.61 Å². The van der Waals surface area contributed by atoms with E-state index in [1.165, 1.54) is 6.07 Å². The SMILES string of the molecule is CCN(CC(F)(F)F)c1ccc(F)cc1CO. The number of nitrogens with zero attached hydrogens (tertiary/aromatic N) is 1. The number of alkyl halides is 3. The van der Waals surface area contributed by atoms with E-state index in [0.29, 0.717) is 0 Å². The van der Waals surface area contributed by atoms with Crippen LogP contribution < -0.4 is 4.90 Å². The molecule has 1 rings (SSSR count). The van der Waals surface area contributed by atoms with Gasteiger partial charge in [0.1, 0.15) is 12.4 Å². The van der Waals surface area contributed by atoms with Crippen molar-refractivity contribution in [1.29, 1.82) is 0 Å². The van der Waals surface area contributed by atoms with Crippen LogP contribution in [0.25, 0.3) is 0 Å². The normalized spacial score (nSPS) is 11.6. The molecule has 0 fully saturated rings. The molecule has 0 atom stereocenters. The predicted molar refractivity (Wildman–Crippen MR) is 56.3 cm³/mol. The van der Waals surface area contributed by atoms with Gasteiger partial charge in [0.25, 0.3) is 0 Å². The molecule has 17 heavy (non-hydrogen) atoms. The Balaban J connectivity index is 3.03. The van der Waals surface area contributed by atoms with E-state index in [2.05, 4.69) is 0 Å². The monoisotopic (exact) mass is 251 g/mol. The van der Waals surface area contributed by atoms with Gasteiger partial charge in [-0.05, 0) is 25.1 Å². The van der Waals surface area contributed by atoms with Crippen LogP contribution in [0.5, 0.6) is 0 Å². The number of rotatable bonds is 4. The fourth-order valence-electron chi connectivity index (χ4n) is 1.57. The number of hydrogen-bond donors (Lipinski definition) is 1. The molecule has 0 heterocycles. The highest BCUT2D eigenvalue weighted by Crippen LogP contribution is 2.25. The summed E-state index contributed by atoms with van der Waals surface area (Å²) in [7, 11) is 0. The van der Waals surface area contributed by atoms with E-state index in [0.717, 1.165) is 17.0 Å². The standard InChI is InChI=1S/C11H13F4NO/c1-2-16(7-11(13,14)15)10-4-3-9(12)5-8(10)6-17/h3-5,17H,2,6-7H2,1H3. The Hall–Kier alpha value is -1.30. The Morgan fingerprint density at radius 2 is 1.94 bits per heavy atom. The third-order valence-corrected chi connectivity index (χ3v) is 2.30. The molecule has 0 aromatic heterocycles. The van der Waals surface area contributed by atoms with Crippen molar-refractivity contribution in [2.75, 3.05) is 18.0 Å². The summed E-state index contributed by atoms with van der Waals surface area (Å²) in [6.07, 6.45) is -4.34. The summed E-state index contributed by atoms with van der Waals surface area (Å²) in [5, 5.41) is 9.01. The Morgan fingerprint density at radius 1 is 1.29 bits per heavy atom. The van der Waals surface area contributed by atoms with Crippen molar-refractivity contribution in [2.24, 2.45) is 0 Å².